The van der Waals surface area contributed by atoms with E-state index in [1.54, 1.807) is 6.92 Å². The van der Waals surface area contributed by atoms with Crippen molar-refractivity contribution in [1.82, 2.24) is 5.32 Å². The average Bonchev–Trinajstić information content (AvgIpc) is 2.02. The van der Waals surface area contributed by atoms with Crippen LogP contribution in [0.25, 0.3) is 0 Å². The van der Waals surface area contributed by atoms with Crippen molar-refractivity contribution in [3.05, 3.63) is 0 Å². The van der Waals surface area contributed by atoms with Crippen LogP contribution in [0.5, 0.6) is 0 Å². The van der Waals surface area contributed by atoms with E-state index in [0.717, 1.165) is 6.42 Å². The van der Waals surface area contributed by atoms with Gasteiger partial charge in [-0.15, -0.1) is 0 Å². The molecule has 0 fully saturated rings. The SMILES string of the molecule is CCOC(=O)NCC(C)CCN. The van der Waals surface area contributed by atoms with Crippen LogP contribution in [0.3, 0.4) is 0 Å². The first-order valence-electron chi connectivity index (χ1n) is 4.31. The summed E-state index contributed by atoms with van der Waals surface area (Å²) in [7, 11) is 0. The lowest BCUT2D eigenvalue weighted by Crippen LogP contribution is -2.29. The molecule has 12 heavy (non-hydrogen) atoms. The number of nitrogens with one attached hydrogen (secondary N) is 1. The van der Waals surface area contributed by atoms with Gasteiger partial charge in [0.2, 0.25) is 0 Å². The molecule has 0 saturated heterocycles. The molecule has 0 radical (unpaired) electrons. The third kappa shape index (κ3) is 5.97. The Bertz CT molecular complexity index is 128. The Hall–Kier alpha value is -0.770. The van der Waals surface area contributed by atoms with Crippen LogP contribution < -0.4 is 11.1 Å². The predicted octanol–water partition coefficient (Wildman–Crippen LogP) is 0.717. The fourth-order valence-corrected chi connectivity index (χ4v) is 0.826. The van der Waals surface area contributed by atoms with Gasteiger partial charge < -0.3 is 15.8 Å². The summed E-state index contributed by atoms with van der Waals surface area (Å²) in [5, 5.41) is 2.65. The molecular weight excluding hydrogens is 156 g/mol. The Labute approximate surface area is 73.5 Å². The van der Waals surface area contributed by atoms with Gasteiger partial charge in [0.25, 0.3) is 0 Å². The molecule has 0 bridgehead atoms. The normalized spacial score (nSPS) is 12.2. The third-order valence-corrected chi connectivity index (χ3v) is 1.53. The average molecular weight is 174 g/mol. The van der Waals surface area contributed by atoms with Gasteiger partial charge in [0, 0.05) is 6.54 Å². The van der Waals surface area contributed by atoms with E-state index < -0.39 is 0 Å². The second-order valence-electron chi connectivity index (χ2n) is 2.78. The second kappa shape index (κ2) is 6.91. The minimum Gasteiger partial charge on any atom is -0.450 e. The second-order valence-corrected chi connectivity index (χ2v) is 2.78. The molecule has 72 valence electrons. The molecule has 1 atom stereocenters. The topological polar surface area (TPSA) is 64.3 Å². The van der Waals surface area contributed by atoms with E-state index >= 15 is 0 Å². The molecule has 0 aliphatic rings. The minimum absolute atomic E-state index is 0.346. The van der Waals surface area contributed by atoms with Crippen LogP contribution >= 0.6 is 0 Å². The highest BCUT2D eigenvalue weighted by Crippen LogP contribution is 1.96. The Morgan fingerprint density at radius 2 is 2.33 bits per heavy atom. The standard InChI is InChI=1S/C8H18N2O2/c1-3-12-8(11)10-6-7(2)4-5-9/h7H,3-6,9H2,1-2H3,(H,10,11). The van der Waals surface area contributed by atoms with Crippen molar-refractivity contribution in [1.29, 1.82) is 0 Å². The Morgan fingerprint density at radius 1 is 1.67 bits per heavy atom. The smallest absolute Gasteiger partial charge is 0.407 e. The monoisotopic (exact) mass is 174 g/mol. The van der Waals surface area contributed by atoms with Crippen molar-refractivity contribution in [3.8, 4) is 0 Å². The molecule has 0 aromatic rings. The van der Waals surface area contributed by atoms with Crippen LogP contribution in [0.15, 0.2) is 0 Å². The minimum atomic E-state index is -0.346. The molecule has 0 heterocycles. The van der Waals surface area contributed by atoms with Crippen LogP contribution in [0.1, 0.15) is 20.3 Å². The highest BCUT2D eigenvalue weighted by molar-refractivity contribution is 5.66. The van der Waals surface area contributed by atoms with Gasteiger partial charge in [0.15, 0.2) is 0 Å². The number of carbonyl (C=O) groups excluding carboxylic acids is 1. The van der Waals surface area contributed by atoms with Crippen LogP contribution in [0.4, 0.5) is 4.79 Å². The number of alkyl carbamates (subject to hydrolysis) is 1. The van der Waals surface area contributed by atoms with Crippen molar-refractivity contribution >= 4 is 6.09 Å². The zero-order chi connectivity index (χ0) is 9.40. The molecule has 0 saturated carbocycles. The summed E-state index contributed by atoms with van der Waals surface area (Å²) in [5.74, 6) is 0.416. The van der Waals surface area contributed by atoms with Crippen molar-refractivity contribution in [3.63, 3.8) is 0 Å². The first kappa shape index (κ1) is 11.2. The van der Waals surface area contributed by atoms with E-state index in [9.17, 15) is 4.79 Å². The van der Waals surface area contributed by atoms with E-state index in [-0.39, 0.29) is 6.09 Å². The summed E-state index contributed by atoms with van der Waals surface area (Å²) in [4.78, 5) is 10.8. The Kier molecular flexibility index (Phi) is 6.47. The van der Waals surface area contributed by atoms with Gasteiger partial charge in [-0.1, -0.05) is 6.92 Å². The molecule has 0 aromatic carbocycles. The fraction of sp³-hybridized carbons (Fsp3) is 0.875. The van der Waals surface area contributed by atoms with Gasteiger partial charge in [0.1, 0.15) is 0 Å². The van der Waals surface area contributed by atoms with E-state index in [1.165, 1.54) is 0 Å². The number of carbonyl (C=O) groups is 1. The van der Waals surface area contributed by atoms with Crippen molar-refractivity contribution in [2.45, 2.75) is 20.3 Å². The molecule has 4 heteroatoms. The first-order chi connectivity index (χ1) is 5.70. The lowest BCUT2D eigenvalue weighted by atomic mass is 10.1. The summed E-state index contributed by atoms with van der Waals surface area (Å²) in [6.45, 7) is 5.53. The fourth-order valence-electron chi connectivity index (χ4n) is 0.826. The largest absolute Gasteiger partial charge is 0.450 e. The van der Waals surface area contributed by atoms with Crippen LogP contribution in [-0.2, 0) is 4.74 Å². The molecule has 0 aliphatic heterocycles. The maximum absolute atomic E-state index is 10.8. The van der Waals surface area contributed by atoms with Crippen LogP contribution in [-0.4, -0.2) is 25.8 Å². The molecule has 0 rings (SSSR count). The molecule has 0 spiro atoms. The molecule has 1 unspecified atom stereocenters. The molecule has 4 nitrogen and oxygen atoms in total. The van der Waals surface area contributed by atoms with Gasteiger partial charge in [-0.25, -0.2) is 4.79 Å². The van der Waals surface area contributed by atoms with Gasteiger partial charge in [-0.05, 0) is 25.8 Å². The number of amides is 1. The molecule has 3 N–H and O–H groups in total. The summed E-state index contributed by atoms with van der Waals surface area (Å²) >= 11 is 0. The summed E-state index contributed by atoms with van der Waals surface area (Å²) in [5.41, 5.74) is 5.35. The Balaban J connectivity index is 3.33. The first-order valence-corrected chi connectivity index (χ1v) is 4.31. The molecule has 0 aromatic heterocycles. The third-order valence-electron chi connectivity index (χ3n) is 1.53. The Morgan fingerprint density at radius 3 is 2.83 bits per heavy atom. The van der Waals surface area contributed by atoms with Gasteiger partial charge in [-0.2, -0.15) is 0 Å². The van der Waals surface area contributed by atoms with E-state index in [4.69, 9.17) is 5.73 Å². The maximum atomic E-state index is 10.8. The number of ether oxygens (including phenoxy) is 1. The number of hydrogen-bond acceptors (Lipinski definition) is 3. The zero-order valence-corrected chi connectivity index (χ0v) is 7.80. The maximum Gasteiger partial charge on any atom is 0.407 e. The molecular formula is C8H18N2O2. The summed E-state index contributed by atoms with van der Waals surface area (Å²) < 4.78 is 4.69. The van der Waals surface area contributed by atoms with Gasteiger partial charge >= 0.3 is 6.09 Å². The number of rotatable bonds is 5. The molecule has 1 amide bonds. The van der Waals surface area contributed by atoms with Crippen LogP contribution in [0, 0.1) is 5.92 Å². The number of hydrogen-bond donors (Lipinski definition) is 2. The lowest BCUT2D eigenvalue weighted by molar-refractivity contribution is 0.150. The number of nitrogens with two attached hydrogens (primary N) is 1. The van der Waals surface area contributed by atoms with Gasteiger partial charge in [-0.3, -0.25) is 0 Å². The van der Waals surface area contributed by atoms with Crippen molar-refractivity contribution in [2.75, 3.05) is 19.7 Å². The zero-order valence-electron chi connectivity index (χ0n) is 7.80. The van der Waals surface area contributed by atoms with Crippen molar-refractivity contribution < 1.29 is 9.53 Å². The highest BCUT2D eigenvalue weighted by Gasteiger charge is 2.03. The van der Waals surface area contributed by atoms with E-state index in [2.05, 4.69) is 10.1 Å². The predicted molar refractivity (Wildman–Crippen MR) is 47.9 cm³/mol. The summed E-state index contributed by atoms with van der Waals surface area (Å²) in [6.07, 6.45) is 0.577. The van der Waals surface area contributed by atoms with E-state index in [1.807, 2.05) is 6.92 Å². The van der Waals surface area contributed by atoms with Gasteiger partial charge in [0.05, 0.1) is 6.61 Å². The molecule has 0 aliphatic carbocycles. The quantitative estimate of drug-likeness (QED) is 0.645. The highest BCUT2D eigenvalue weighted by atomic mass is 16.5. The van der Waals surface area contributed by atoms with E-state index in [0.29, 0.717) is 25.6 Å². The summed E-state index contributed by atoms with van der Waals surface area (Å²) in [6, 6.07) is 0. The van der Waals surface area contributed by atoms with Crippen LogP contribution in [0.2, 0.25) is 0 Å². The van der Waals surface area contributed by atoms with Crippen molar-refractivity contribution in [2.24, 2.45) is 11.7 Å². The lowest BCUT2D eigenvalue weighted by Gasteiger charge is -2.10.